The molecule has 3 aliphatic rings. The van der Waals surface area contributed by atoms with Crippen molar-refractivity contribution < 1.29 is 13.6 Å². The highest BCUT2D eigenvalue weighted by atomic mass is 19.2. The number of halogens is 2. The van der Waals surface area contributed by atoms with Gasteiger partial charge in [-0.25, -0.2) is 23.7 Å². The molecule has 0 bridgehead atoms. The Morgan fingerprint density at radius 3 is 2.58 bits per heavy atom. The minimum absolute atomic E-state index is 0.196. The summed E-state index contributed by atoms with van der Waals surface area (Å²) in [6.07, 6.45) is 6.27. The number of aromatic nitrogens is 2. The Morgan fingerprint density at radius 2 is 1.92 bits per heavy atom. The molecule has 0 radical (unpaired) electrons. The molecular weight excluding hydrogens is 464 g/mol. The molecule has 1 amide bonds. The number of hydrogen-bond donors (Lipinski definition) is 0. The number of aliphatic imine (C=N–C) groups is 2. The molecule has 190 valence electrons. The number of anilines is 1. The van der Waals surface area contributed by atoms with E-state index in [2.05, 4.69) is 26.7 Å². The van der Waals surface area contributed by atoms with Crippen LogP contribution >= 0.6 is 0 Å². The molecule has 2 fully saturated rings. The number of amidine groups is 1. The van der Waals surface area contributed by atoms with Gasteiger partial charge in [-0.2, -0.15) is 0 Å². The first-order chi connectivity index (χ1) is 17.4. The molecule has 0 aliphatic carbocycles. The van der Waals surface area contributed by atoms with Gasteiger partial charge in [0.05, 0.1) is 18.4 Å². The number of likely N-dealkylation sites (tertiary alicyclic amines) is 1. The highest BCUT2D eigenvalue weighted by Crippen LogP contribution is 2.27. The Hall–Kier alpha value is -3.27. The monoisotopic (exact) mass is 495 g/mol. The molecule has 0 spiro atoms. The van der Waals surface area contributed by atoms with Gasteiger partial charge in [0, 0.05) is 56.6 Å². The lowest BCUT2D eigenvalue weighted by Gasteiger charge is -2.47. The second kappa shape index (κ2) is 10.4. The fourth-order valence-electron chi connectivity index (χ4n) is 5.45. The topological polar surface area (TPSA) is 77.3 Å². The van der Waals surface area contributed by atoms with Crippen molar-refractivity contribution in [2.75, 3.05) is 44.2 Å². The first-order valence-electron chi connectivity index (χ1n) is 12.6. The van der Waals surface area contributed by atoms with E-state index >= 15 is 0 Å². The maximum Gasteiger partial charge on any atom is 0.253 e. The molecule has 8 nitrogen and oxygen atoms in total. The maximum absolute atomic E-state index is 13.6. The Morgan fingerprint density at radius 1 is 1.11 bits per heavy atom. The smallest absolute Gasteiger partial charge is 0.253 e. The number of amides is 1. The van der Waals surface area contributed by atoms with Gasteiger partial charge in [0.2, 0.25) is 0 Å². The van der Waals surface area contributed by atoms with Crippen LogP contribution in [0.4, 0.5) is 14.6 Å². The van der Waals surface area contributed by atoms with E-state index < -0.39 is 11.6 Å². The molecule has 2 saturated heterocycles. The summed E-state index contributed by atoms with van der Waals surface area (Å²) in [5.74, 6) is -0.621. The lowest BCUT2D eigenvalue weighted by molar-refractivity contribution is 0.0490. The Balaban J connectivity index is 1.20. The van der Waals surface area contributed by atoms with Crippen molar-refractivity contribution in [2.24, 2.45) is 9.98 Å². The lowest BCUT2D eigenvalue weighted by atomic mass is 9.97. The third-order valence-electron chi connectivity index (χ3n) is 7.37. The molecular formula is C26H31F2N7O. The van der Waals surface area contributed by atoms with Crippen LogP contribution in [-0.2, 0) is 0 Å². The quantitative estimate of drug-likeness (QED) is 0.637. The van der Waals surface area contributed by atoms with Crippen molar-refractivity contribution in [1.29, 1.82) is 0 Å². The van der Waals surface area contributed by atoms with Crippen LogP contribution in [-0.4, -0.2) is 89.1 Å². The van der Waals surface area contributed by atoms with E-state index in [1.165, 1.54) is 6.07 Å². The first-order valence-corrected chi connectivity index (χ1v) is 12.6. The summed E-state index contributed by atoms with van der Waals surface area (Å²) in [7, 11) is 0. The molecule has 0 N–H and O–H groups in total. The van der Waals surface area contributed by atoms with E-state index in [9.17, 15) is 13.6 Å². The fourth-order valence-corrected chi connectivity index (χ4v) is 5.45. The van der Waals surface area contributed by atoms with Crippen molar-refractivity contribution in [1.82, 2.24) is 19.8 Å². The number of benzene rings is 1. The second-order valence-corrected chi connectivity index (χ2v) is 9.54. The number of hydrogen-bond acceptors (Lipinski definition) is 7. The predicted octanol–water partition coefficient (Wildman–Crippen LogP) is 3.10. The van der Waals surface area contributed by atoms with Crippen LogP contribution in [0.2, 0.25) is 0 Å². The molecule has 5 rings (SSSR count). The zero-order valence-electron chi connectivity index (χ0n) is 20.7. The molecule has 0 unspecified atom stereocenters. The Kier molecular flexibility index (Phi) is 7.04. The van der Waals surface area contributed by atoms with Crippen molar-refractivity contribution in [3.8, 4) is 0 Å². The molecule has 2 aromatic rings. The summed E-state index contributed by atoms with van der Waals surface area (Å²) in [6, 6.07) is 4.12. The zero-order valence-corrected chi connectivity index (χ0v) is 20.7. The van der Waals surface area contributed by atoms with E-state index in [4.69, 9.17) is 9.97 Å². The zero-order chi connectivity index (χ0) is 25.2. The van der Waals surface area contributed by atoms with Crippen LogP contribution in [0.5, 0.6) is 0 Å². The standard InChI is InChI=1S/C26H31F2N7O/c1-3-19-16-34(25-17(2)32-23(15-31-25)24-29-8-9-30-24)12-13-35(19)20-6-10-33(11-7-20)26(36)18-4-5-21(27)22(28)14-18/h4-5,8,14-15,19-20H,3,6-7,9-13,16H2,1-2H3/t19-/m0/s1. The highest BCUT2D eigenvalue weighted by Gasteiger charge is 2.35. The number of carbonyl (C=O) groups is 1. The van der Waals surface area contributed by atoms with Gasteiger partial charge in [0.15, 0.2) is 17.5 Å². The van der Waals surface area contributed by atoms with Crippen molar-refractivity contribution in [3.63, 3.8) is 0 Å². The van der Waals surface area contributed by atoms with Gasteiger partial charge < -0.3 is 9.80 Å². The third kappa shape index (κ3) is 4.86. The van der Waals surface area contributed by atoms with Gasteiger partial charge in [-0.3, -0.25) is 14.7 Å². The maximum atomic E-state index is 13.6. The van der Waals surface area contributed by atoms with Crippen molar-refractivity contribution in [3.05, 3.63) is 53.0 Å². The summed E-state index contributed by atoms with van der Waals surface area (Å²) >= 11 is 0. The highest BCUT2D eigenvalue weighted by molar-refractivity contribution is 6.04. The largest absolute Gasteiger partial charge is 0.352 e. The van der Waals surface area contributed by atoms with Crippen LogP contribution in [0.15, 0.2) is 34.4 Å². The Bertz CT molecular complexity index is 1190. The van der Waals surface area contributed by atoms with Gasteiger partial charge in [-0.05, 0) is 44.4 Å². The summed E-state index contributed by atoms with van der Waals surface area (Å²) in [5, 5.41) is 0. The number of piperazine rings is 1. The average molecular weight is 496 g/mol. The van der Waals surface area contributed by atoms with Gasteiger partial charge in [0.25, 0.3) is 5.91 Å². The van der Waals surface area contributed by atoms with Gasteiger partial charge in [0.1, 0.15) is 11.5 Å². The Labute approximate surface area is 209 Å². The first kappa shape index (κ1) is 24.4. The van der Waals surface area contributed by atoms with Crippen LogP contribution in [0, 0.1) is 18.6 Å². The molecule has 4 heterocycles. The minimum atomic E-state index is -0.991. The van der Waals surface area contributed by atoms with E-state index in [1.54, 1.807) is 17.3 Å². The van der Waals surface area contributed by atoms with Gasteiger partial charge in [-0.15, -0.1) is 0 Å². The summed E-state index contributed by atoms with van der Waals surface area (Å²) in [4.78, 5) is 37.5. The summed E-state index contributed by atoms with van der Waals surface area (Å²) < 4.78 is 26.8. The van der Waals surface area contributed by atoms with Crippen LogP contribution in [0.25, 0.3) is 0 Å². The predicted molar refractivity (Wildman–Crippen MR) is 135 cm³/mol. The van der Waals surface area contributed by atoms with E-state index in [0.29, 0.717) is 43.2 Å². The van der Waals surface area contributed by atoms with Crippen LogP contribution in [0.3, 0.4) is 0 Å². The number of nitrogens with zero attached hydrogens (tertiary/aromatic N) is 7. The number of rotatable bonds is 5. The second-order valence-electron chi connectivity index (χ2n) is 9.54. The van der Waals surface area contributed by atoms with E-state index in [1.807, 2.05) is 6.92 Å². The molecule has 1 aromatic heterocycles. The number of aryl methyl sites for hydroxylation is 1. The average Bonchev–Trinajstić information content (AvgIpc) is 3.45. The van der Waals surface area contributed by atoms with E-state index in [-0.39, 0.29) is 11.5 Å². The van der Waals surface area contributed by atoms with Crippen molar-refractivity contribution >= 4 is 23.8 Å². The number of carbonyl (C=O) groups excluding carboxylic acids is 1. The third-order valence-corrected chi connectivity index (χ3v) is 7.37. The number of piperidine rings is 1. The molecule has 1 atom stereocenters. The lowest BCUT2D eigenvalue weighted by Crippen LogP contribution is -2.59. The molecule has 10 heteroatoms. The fraction of sp³-hybridized carbons (Fsp3) is 0.500. The minimum Gasteiger partial charge on any atom is -0.352 e. The molecule has 3 aliphatic heterocycles. The molecule has 1 aromatic carbocycles. The SMILES string of the molecule is CC[C@H]1CN(c2ncc(C3=NCC=N3)nc2C)CCN1C1CCN(C(=O)c2ccc(F)c(F)c2)CC1. The van der Waals surface area contributed by atoms with Gasteiger partial charge >= 0.3 is 0 Å². The molecule has 36 heavy (non-hydrogen) atoms. The van der Waals surface area contributed by atoms with Crippen molar-refractivity contribution in [2.45, 2.75) is 45.2 Å². The van der Waals surface area contributed by atoms with E-state index in [0.717, 1.165) is 62.5 Å². The normalized spacial score (nSPS) is 21.2. The molecule has 0 saturated carbocycles. The summed E-state index contributed by atoms with van der Waals surface area (Å²) in [6.45, 7) is 8.65. The van der Waals surface area contributed by atoms with Gasteiger partial charge in [-0.1, -0.05) is 6.92 Å². The van der Waals surface area contributed by atoms with Crippen LogP contribution in [0.1, 0.15) is 47.9 Å². The van der Waals surface area contributed by atoms with Crippen LogP contribution < -0.4 is 4.90 Å². The summed E-state index contributed by atoms with van der Waals surface area (Å²) in [5.41, 5.74) is 1.78.